The number of carbonyl (C=O) groups excluding carboxylic acids is 1. The second kappa shape index (κ2) is 6.25. The second-order valence-electron chi connectivity index (χ2n) is 5.07. The summed E-state index contributed by atoms with van der Waals surface area (Å²) in [5.74, 6) is -0.389. The van der Waals surface area contributed by atoms with Crippen LogP contribution in [-0.2, 0) is 14.8 Å². The zero-order valence-corrected chi connectivity index (χ0v) is 14.6. The number of ether oxygens (including phenoxy) is 1. The Labute approximate surface area is 143 Å². The number of imidazole rings is 1. The molecule has 0 fully saturated rings. The lowest BCUT2D eigenvalue weighted by atomic mass is 10.1. The van der Waals surface area contributed by atoms with Crippen molar-refractivity contribution in [2.75, 3.05) is 17.6 Å². The molecule has 9 heteroatoms. The number of hydrogen-bond acceptors (Lipinski definition) is 6. The number of carbonyl (C=O) groups is 1. The van der Waals surface area contributed by atoms with E-state index in [1.807, 2.05) is 0 Å². The highest BCUT2D eigenvalue weighted by molar-refractivity contribution is 7.92. The molecule has 2 aromatic heterocycles. The molecule has 24 heavy (non-hydrogen) atoms. The molecule has 0 radical (unpaired) electrons. The Kier molecular flexibility index (Phi) is 4.29. The van der Waals surface area contributed by atoms with Crippen molar-refractivity contribution in [2.45, 2.75) is 6.92 Å². The number of rotatable bonds is 5. The highest BCUT2D eigenvalue weighted by Crippen LogP contribution is 2.25. The standard InChI is InChI=1S/C15H15N3O4S2/c1-3-22-14(19)13-9-23-15-16-12(8-18(13)15)10-4-6-11(7-5-10)17-24(2,20)21/h4-9,17H,3H2,1-2H3. The molecule has 0 saturated carbocycles. The Hall–Kier alpha value is -2.39. The first-order chi connectivity index (χ1) is 11.4. The van der Waals surface area contributed by atoms with E-state index >= 15 is 0 Å². The molecule has 0 aliphatic heterocycles. The van der Waals surface area contributed by atoms with Gasteiger partial charge in [0.15, 0.2) is 4.96 Å². The lowest BCUT2D eigenvalue weighted by Gasteiger charge is -2.04. The number of aromatic nitrogens is 2. The van der Waals surface area contributed by atoms with Gasteiger partial charge >= 0.3 is 5.97 Å². The summed E-state index contributed by atoms with van der Waals surface area (Å²) in [5, 5.41) is 1.71. The van der Waals surface area contributed by atoms with Gasteiger partial charge in [-0.15, -0.1) is 11.3 Å². The molecule has 0 spiro atoms. The fourth-order valence-electron chi connectivity index (χ4n) is 2.20. The second-order valence-corrected chi connectivity index (χ2v) is 7.66. The number of benzene rings is 1. The van der Waals surface area contributed by atoms with Crippen LogP contribution in [0.25, 0.3) is 16.2 Å². The summed E-state index contributed by atoms with van der Waals surface area (Å²) in [6.07, 6.45) is 2.86. The number of anilines is 1. The third-order valence-electron chi connectivity index (χ3n) is 3.18. The predicted molar refractivity (Wildman–Crippen MR) is 92.9 cm³/mol. The van der Waals surface area contributed by atoms with E-state index in [4.69, 9.17) is 4.74 Å². The van der Waals surface area contributed by atoms with Gasteiger partial charge in [0.1, 0.15) is 5.69 Å². The molecular formula is C15H15N3O4S2. The molecule has 7 nitrogen and oxygen atoms in total. The van der Waals surface area contributed by atoms with E-state index in [1.54, 1.807) is 47.2 Å². The van der Waals surface area contributed by atoms with Gasteiger partial charge in [0.25, 0.3) is 0 Å². The molecule has 3 rings (SSSR count). The van der Waals surface area contributed by atoms with Gasteiger partial charge in [-0.05, 0) is 19.1 Å². The zero-order valence-electron chi connectivity index (χ0n) is 13.0. The number of sulfonamides is 1. The number of thiazole rings is 1. The Balaban J connectivity index is 1.91. The summed E-state index contributed by atoms with van der Waals surface area (Å²) < 4.78 is 31.6. The summed E-state index contributed by atoms with van der Waals surface area (Å²) in [4.78, 5) is 17.1. The van der Waals surface area contributed by atoms with Gasteiger partial charge in [0, 0.05) is 22.8 Å². The number of esters is 1. The van der Waals surface area contributed by atoms with Crippen molar-refractivity contribution >= 4 is 38.0 Å². The zero-order chi connectivity index (χ0) is 17.3. The highest BCUT2D eigenvalue weighted by Gasteiger charge is 2.16. The van der Waals surface area contributed by atoms with Crippen LogP contribution in [0, 0.1) is 0 Å². The smallest absolute Gasteiger partial charge is 0.356 e. The largest absolute Gasteiger partial charge is 0.461 e. The molecule has 0 aliphatic carbocycles. The quantitative estimate of drug-likeness (QED) is 0.702. The van der Waals surface area contributed by atoms with Gasteiger partial charge in [0.2, 0.25) is 10.0 Å². The minimum absolute atomic E-state index is 0.312. The van der Waals surface area contributed by atoms with E-state index in [-0.39, 0.29) is 5.97 Å². The average Bonchev–Trinajstić information content (AvgIpc) is 3.06. The summed E-state index contributed by atoms with van der Waals surface area (Å²) in [6, 6.07) is 6.86. The molecule has 0 bridgehead atoms. The Bertz CT molecular complexity index is 988. The van der Waals surface area contributed by atoms with Gasteiger partial charge in [-0.25, -0.2) is 18.2 Å². The van der Waals surface area contributed by atoms with Crippen LogP contribution in [0.1, 0.15) is 17.4 Å². The van der Waals surface area contributed by atoms with Gasteiger partial charge in [0.05, 0.1) is 18.6 Å². The Morgan fingerprint density at radius 1 is 1.33 bits per heavy atom. The first-order valence-electron chi connectivity index (χ1n) is 7.09. The lowest BCUT2D eigenvalue weighted by molar-refractivity contribution is 0.0518. The number of nitrogens with one attached hydrogen (secondary N) is 1. The summed E-state index contributed by atoms with van der Waals surface area (Å²) >= 11 is 1.35. The maximum absolute atomic E-state index is 11.9. The van der Waals surface area contributed by atoms with Gasteiger partial charge in [-0.3, -0.25) is 9.12 Å². The van der Waals surface area contributed by atoms with E-state index in [2.05, 4.69) is 9.71 Å². The van der Waals surface area contributed by atoms with Crippen LogP contribution in [0.4, 0.5) is 5.69 Å². The van der Waals surface area contributed by atoms with Gasteiger partial charge in [-0.2, -0.15) is 0 Å². The van der Waals surface area contributed by atoms with Crippen LogP contribution in [0.3, 0.4) is 0 Å². The molecule has 0 saturated heterocycles. The van der Waals surface area contributed by atoms with Crippen molar-refractivity contribution in [3.63, 3.8) is 0 Å². The van der Waals surface area contributed by atoms with E-state index < -0.39 is 10.0 Å². The van der Waals surface area contributed by atoms with E-state index in [0.717, 1.165) is 11.8 Å². The molecule has 1 N–H and O–H groups in total. The number of fused-ring (bicyclic) bond motifs is 1. The van der Waals surface area contributed by atoms with Crippen molar-refractivity contribution in [3.8, 4) is 11.3 Å². The minimum Gasteiger partial charge on any atom is -0.461 e. The van der Waals surface area contributed by atoms with Crippen LogP contribution in [0.15, 0.2) is 35.8 Å². The maximum Gasteiger partial charge on any atom is 0.356 e. The first-order valence-corrected chi connectivity index (χ1v) is 9.86. The molecule has 1 aromatic carbocycles. The average molecular weight is 365 g/mol. The molecule has 0 aliphatic rings. The lowest BCUT2D eigenvalue weighted by Crippen LogP contribution is -2.09. The molecule has 3 aromatic rings. The number of nitrogens with zero attached hydrogens (tertiary/aromatic N) is 2. The summed E-state index contributed by atoms with van der Waals surface area (Å²) in [6.45, 7) is 2.07. The van der Waals surface area contributed by atoms with Crippen LogP contribution in [-0.4, -0.2) is 36.6 Å². The highest BCUT2D eigenvalue weighted by atomic mass is 32.2. The Morgan fingerprint density at radius 3 is 2.67 bits per heavy atom. The molecule has 0 atom stereocenters. The third-order valence-corrected chi connectivity index (χ3v) is 4.62. The maximum atomic E-state index is 11.9. The minimum atomic E-state index is -3.31. The molecule has 126 valence electrons. The van der Waals surface area contributed by atoms with Gasteiger partial charge < -0.3 is 4.74 Å². The van der Waals surface area contributed by atoms with Crippen molar-refractivity contribution in [3.05, 3.63) is 41.5 Å². The van der Waals surface area contributed by atoms with Crippen LogP contribution in [0.2, 0.25) is 0 Å². The first kappa shape index (κ1) is 16.5. The molecule has 0 unspecified atom stereocenters. The van der Waals surface area contributed by atoms with Crippen LogP contribution >= 0.6 is 11.3 Å². The Morgan fingerprint density at radius 2 is 2.04 bits per heavy atom. The van der Waals surface area contributed by atoms with E-state index in [0.29, 0.717) is 28.6 Å². The number of hydrogen-bond donors (Lipinski definition) is 1. The fraction of sp³-hybridized carbons (Fsp3) is 0.200. The molecular weight excluding hydrogens is 350 g/mol. The normalized spacial score (nSPS) is 11.6. The van der Waals surface area contributed by atoms with Crippen molar-refractivity contribution < 1.29 is 17.9 Å². The van der Waals surface area contributed by atoms with Gasteiger partial charge in [-0.1, -0.05) is 12.1 Å². The van der Waals surface area contributed by atoms with Crippen molar-refractivity contribution in [1.29, 1.82) is 0 Å². The van der Waals surface area contributed by atoms with Crippen LogP contribution in [0.5, 0.6) is 0 Å². The molecule has 2 heterocycles. The SMILES string of the molecule is CCOC(=O)c1csc2nc(-c3ccc(NS(C)(=O)=O)cc3)cn12. The van der Waals surface area contributed by atoms with Crippen molar-refractivity contribution in [2.24, 2.45) is 0 Å². The van der Waals surface area contributed by atoms with Crippen molar-refractivity contribution in [1.82, 2.24) is 9.38 Å². The summed E-state index contributed by atoms with van der Waals surface area (Å²) in [5.41, 5.74) is 2.43. The van der Waals surface area contributed by atoms with E-state index in [9.17, 15) is 13.2 Å². The molecule has 0 amide bonds. The fourth-order valence-corrected chi connectivity index (χ4v) is 3.60. The monoisotopic (exact) mass is 365 g/mol. The summed E-state index contributed by atoms with van der Waals surface area (Å²) in [7, 11) is -3.31. The topological polar surface area (TPSA) is 89.8 Å². The predicted octanol–water partition coefficient (Wildman–Crippen LogP) is 2.61. The van der Waals surface area contributed by atoms with Crippen LogP contribution < -0.4 is 4.72 Å². The third kappa shape index (κ3) is 3.41. The van der Waals surface area contributed by atoms with E-state index in [1.165, 1.54) is 11.3 Å².